The molecule has 364 valence electrons. The van der Waals surface area contributed by atoms with Gasteiger partial charge in [0.1, 0.15) is 0 Å². The zero-order chi connectivity index (χ0) is 51.3. The lowest BCUT2D eigenvalue weighted by Crippen LogP contribution is -2.40. The molecule has 24 aromatic rings. The third kappa shape index (κ3) is 1.73. The van der Waals surface area contributed by atoms with Gasteiger partial charge in [-0.05, 0) is 331 Å². The smallest absolute Gasteiger partial charge is 0.326 e. The molecule has 0 bridgehead atoms. The number of carbonyl (C=O) groups is 4. The van der Waals surface area contributed by atoms with Crippen LogP contribution in [0.1, 0.15) is 72.2 Å². The summed E-state index contributed by atoms with van der Waals surface area (Å²) in [5, 5.41) is 62.3. The summed E-state index contributed by atoms with van der Waals surface area (Å²) in [6.07, 6.45) is 0. The van der Waals surface area contributed by atoms with E-state index in [4.69, 9.17) is 18.9 Å². The Kier molecular flexibility index (Phi) is 3.21. The minimum atomic E-state index is -1.80. The van der Waals surface area contributed by atoms with Gasteiger partial charge >= 0.3 is 23.9 Å². The van der Waals surface area contributed by atoms with Crippen molar-refractivity contribution >= 4 is 282 Å². The predicted octanol–water partition coefficient (Wildman–Crippen LogP) is 15.1. The number of hydrogen-bond acceptors (Lipinski definition) is 8. The first-order chi connectivity index (χ1) is 40.4. The average molecular weight is 1040 g/mol. The Hall–Kier alpha value is -9.40. The molecule has 82 heavy (non-hydrogen) atoms. The lowest BCUT2D eigenvalue weighted by Gasteiger charge is -2.32. The van der Waals surface area contributed by atoms with E-state index >= 15 is 19.2 Å². The SMILES string of the molecule is CCOC(=O)C1(C(=O)OCC)C23c4c5c6c7c8c9c(c%10c%11c2c2c4c4c%12c%13c%14c%15c%16c%17c%18c%19c%20c%21c(c(c5%12)c6c5c%21c6c%19c%12c%18c%18c%19c%17c%15c%15c(c%144)c2c2c%11c4c%10c%10c9c(c6c85)c%12c%10c%18c4c%19c2%15)C%132C(C(=O)OCC)(C(=O)OCC)C%20%162)C713. The van der Waals surface area contributed by atoms with E-state index in [1.807, 2.05) is 27.7 Å². The second-order valence-corrected chi connectivity index (χ2v) is 28.4. The first-order valence-corrected chi connectivity index (χ1v) is 30.1. The molecule has 8 nitrogen and oxygen atoms in total. The molecule has 0 aromatic heterocycles. The van der Waals surface area contributed by atoms with Gasteiger partial charge in [-0.15, -0.1) is 0 Å². The van der Waals surface area contributed by atoms with E-state index in [0.717, 1.165) is 27.8 Å². The summed E-state index contributed by atoms with van der Waals surface area (Å²) < 4.78 is 26.7. The minimum Gasteiger partial charge on any atom is -0.465 e. The van der Waals surface area contributed by atoms with Gasteiger partial charge in [0.05, 0.1) is 48.1 Å². The second-order valence-electron chi connectivity index (χ2n) is 28.4. The molecule has 4 atom stereocenters. The molecule has 4 unspecified atom stereocenters. The highest BCUT2D eigenvalue weighted by atomic mass is 16.6. The number of hydrogen-bond donors (Lipinski definition) is 0. The van der Waals surface area contributed by atoms with E-state index in [-0.39, 0.29) is 26.4 Å². The number of ether oxygens (including phenoxy) is 4. The van der Waals surface area contributed by atoms with Crippen molar-refractivity contribution < 1.29 is 38.1 Å². The van der Waals surface area contributed by atoms with Crippen LogP contribution in [-0.2, 0) is 59.8 Å². The van der Waals surface area contributed by atoms with Gasteiger partial charge in [0, 0.05) is 0 Å². The number of benzene rings is 15. The standard InChI is InChI=1S/C74H20O8/c1-5-79-65(75)73(66(76)80-6-2)69-59-46-29-17-13-12-9-11-10-15-19-25-33-24(15)32-23(11)31(22(12)29)48(59)49(32)60-50(33)54-40-36(25)52-51-35(19)34-16(10)14(9)21-18(13)28-26-20(17)30-27-37(26)56-63-43(28)38(21)42(34)57(51)71(63)72(74(71,67(77)81-7-3)68(78)82-8-4)58(52)44(40)41-45(64(56)72)39(27)53(61(69)47(30)46)55(41)62(54)70(60,69)73/h5-8H2,1-4H3. The molecule has 2 fully saturated rings. The van der Waals surface area contributed by atoms with Crippen LogP contribution in [0.2, 0.25) is 0 Å². The molecule has 8 heteroatoms. The molecule has 0 N–H and O–H groups in total. The van der Waals surface area contributed by atoms with Crippen molar-refractivity contribution in [2.24, 2.45) is 10.8 Å². The molecule has 0 radical (unpaired) electrons. The zero-order valence-corrected chi connectivity index (χ0v) is 43.1. The highest BCUT2D eigenvalue weighted by molar-refractivity contribution is 6.79. The fourth-order valence-electron chi connectivity index (χ4n) is 29.0. The maximum atomic E-state index is 16.9. The Morgan fingerprint density at radius 3 is 0.476 bits per heavy atom. The largest absolute Gasteiger partial charge is 0.465 e. The van der Waals surface area contributed by atoms with E-state index in [1.54, 1.807) is 0 Å². The Labute approximate surface area is 449 Å². The van der Waals surface area contributed by atoms with Gasteiger partial charge in [-0.3, -0.25) is 19.2 Å². The summed E-state index contributed by atoms with van der Waals surface area (Å²) in [5.41, 5.74) is 0.870. The Balaban J connectivity index is 1.09. The van der Waals surface area contributed by atoms with E-state index in [2.05, 4.69) is 0 Å². The van der Waals surface area contributed by atoms with Gasteiger partial charge < -0.3 is 18.9 Å². The number of rotatable bonds is 8. The van der Waals surface area contributed by atoms with Crippen LogP contribution >= 0.6 is 0 Å². The predicted molar refractivity (Wildman–Crippen MR) is 318 cm³/mol. The molecular formula is C74H20O8. The summed E-state index contributed by atoms with van der Waals surface area (Å²) in [6.45, 7) is 8.08. The van der Waals surface area contributed by atoms with Crippen LogP contribution in [0.25, 0.3) is 259 Å². The van der Waals surface area contributed by atoms with E-state index < -0.39 is 56.4 Å². The number of esters is 4. The van der Waals surface area contributed by atoms with Crippen molar-refractivity contribution in [2.45, 2.75) is 49.4 Å². The average Bonchev–Trinajstić information content (AvgIpc) is 1.35. The summed E-state index contributed by atoms with van der Waals surface area (Å²) in [5.74, 6) is -1.87. The normalized spacial score (nSPS) is 26.1. The van der Waals surface area contributed by atoms with Crippen molar-refractivity contribution in [2.75, 3.05) is 26.4 Å². The molecule has 0 saturated heterocycles. The quantitative estimate of drug-likeness (QED) is 0.0641. The van der Waals surface area contributed by atoms with E-state index in [9.17, 15) is 0 Å². The lowest BCUT2D eigenvalue weighted by molar-refractivity contribution is -0.167. The summed E-state index contributed by atoms with van der Waals surface area (Å²) >= 11 is 0. The van der Waals surface area contributed by atoms with Gasteiger partial charge in [0.25, 0.3) is 0 Å². The van der Waals surface area contributed by atoms with Crippen molar-refractivity contribution in [1.29, 1.82) is 0 Å². The van der Waals surface area contributed by atoms with Crippen LogP contribution in [-0.4, -0.2) is 50.3 Å². The van der Waals surface area contributed by atoms with Crippen LogP contribution in [0.5, 0.6) is 0 Å². The van der Waals surface area contributed by atoms with Gasteiger partial charge in [-0.2, -0.15) is 0 Å². The van der Waals surface area contributed by atoms with E-state index in [1.165, 1.54) is 275 Å². The van der Waals surface area contributed by atoms with Gasteiger partial charge in [0.15, 0.2) is 10.8 Å². The summed E-state index contributed by atoms with van der Waals surface area (Å²) in [4.78, 5) is 67.5. The third-order valence-corrected chi connectivity index (χ3v) is 28.6. The molecule has 34 rings (SSSR count). The fraction of sp³-hybridized carbons (Fsp3) is 0.189. The Bertz CT molecular complexity index is 7830. The van der Waals surface area contributed by atoms with Crippen molar-refractivity contribution in [3.8, 4) is 0 Å². The van der Waals surface area contributed by atoms with Gasteiger partial charge in [-0.1, -0.05) is 0 Å². The molecule has 0 aliphatic heterocycles. The van der Waals surface area contributed by atoms with Crippen LogP contribution in [0.3, 0.4) is 0 Å². The Morgan fingerprint density at radius 1 is 0.195 bits per heavy atom. The topological polar surface area (TPSA) is 105 Å². The van der Waals surface area contributed by atoms with Crippen LogP contribution < -0.4 is 0 Å². The van der Waals surface area contributed by atoms with Gasteiger partial charge in [0.2, 0.25) is 0 Å². The number of carbonyl (C=O) groups excluding carboxylic acids is 4. The maximum absolute atomic E-state index is 16.9. The zero-order valence-electron chi connectivity index (χ0n) is 43.1. The van der Waals surface area contributed by atoms with Gasteiger partial charge in [-0.25, -0.2) is 0 Å². The molecule has 0 heterocycles. The summed E-state index contributed by atoms with van der Waals surface area (Å²) in [6, 6.07) is 0. The highest BCUT2D eigenvalue weighted by Crippen LogP contribution is 3.00. The molecule has 10 aliphatic carbocycles. The van der Waals surface area contributed by atoms with E-state index in [0.29, 0.717) is 0 Å². The van der Waals surface area contributed by atoms with Crippen molar-refractivity contribution in [3.63, 3.8) is 0 Å². The molecule has 0 amide bonds. The molecule has 2 saturated carbocycles. The Morgan fingerprint density at radius 2 is 0.305 bits per heavy atom. The first kappa shape index (κ1) is 34.0. The van der Waals surface area contributed by atoms with Crippen LogP contribution in [0, 0.1) is 10.8 Å². The first-order valence-electron chi connectivity index (χ1n) is 30.1. The van der Waals surface area contributed by atoms with Crippen molar-refractivity contribution in [3.05, 3.63) is 44.5 Å². The second kappa shape index (κ2) is 7.75. The lowest BCUT2D eigenvalue weighted by atomic mass is 9.67. The molecule has 10 aliphatic rings. The summed E-state index contributed by atoms with van der Waals surface area (Å²) in [7, 11) is 0. The van der Waals surface area contributed by atoms with Crippen LogP contribution in [0.4, 0.5) is 0 Å². The molecule has 24 aromatic carbocycles. The monoisotopic (exact) mass is 1040 g/mol. The van der Waals surface area contributed by atoms with Crippen LogP contribution in [0.15, 0.2) is 0 Å². The third-order valence-electron chi connectivity index (χ3n) is 28.6. The highest BCUT2D eigenvalue weighted by Gasteiger charge is 3.04. The van der Waals surface area contributed by atoms with Crippen molar-refractivity contribution in [1.82, 2.24) is 0 Å². The maximum Gasteiger partial charge on any atom is 0.326 e. The molecular weight excluding hydrogens is 1020 g/mol. The fourth-order valence-corrected chi connectivity index (χ4v) is 29.0. The minimum absolute atomic E-state index is 0.125. The molecule has 4 spiro atoms.